The maximum absolute atomic E-state index is 14.9. The second-order valence-electron chi connectivity index (χ2n) is 16.2. The highest BCUT2D eigenvalue weighted by atomic mass is 32.1. The van der Waals surface area contributed by atoms with Gasteiger partial charge in [0.2, 0.25) is 0 Å². The van der Waals surface area contributed by atoms with Crippen molar-refractivity contribution in [2.75, 3.05) is 45.4 Å². The van der Waals surface area contributed by atoms with Crippen molar-refractivity contribution in [2.24, 2.45) is 4.99 Å². The summed E-state index contributed by atoms with van der Waals surface area (Å²) in [7, 11) is 2.17. The number of fused-ring (bicyclic) bond motifs is 1. The summed E-state index contributed by atoms with van der Waals surface area (Å²) in [6.45, 7) is 17.6. The van der Waals surface area contributed by atoms with Crippen LogP contribution in [0.25, 0.3) is 10.2 Å². The Morgan fingerprint density at radius 1 is 1.03 bits per heavy atom. The molecule has 0 aliphatic heterocycles. The Bertz CT molecular complexity index is 2430. The van der Waals surface area contributed by atoms with Crippen LogP contribution in [-0.4, -0.2) is 90.8 Å². The predicted octanol–water partition coefficient (Wildman–Crippen LogP) is 9.12. The van der Waals surface area contributed by atoms with Gasteiger partial charge in [0.15, 0.2) is 38.8 Å². The average Bonchev–Trinajstić information content (AvgIpc) is 3.76. The Morgan fingerprint density at radius 2 is 1.80 bits per heavy atom. The molecule has 0 atom stereocenters. The van der Waals surface area contributed by atoms with Gasteiger partial charge in [0.25, 0.3) is 0 Å². The van der Waals surface area contributed by atoms with Crippen molar-refractivity contribution in [3.63, 3.8) is 0 Å². The van der Waals surface area contributed by atoms with Crippen molar-refractivity contribution < 1.29 is 32.9 Å². The summed E-state index contributed by atoms with van der Waals surface area (Å²) >= 11 is 2.91. The second kappa shape index (κ2) is 20.4. The lowest BCUT2D eigenvalue weighted by atomic mass is 10.2. The van der Waals surface area contributed by atoms with E-state index in [1.807, 2.05) is 32.2 Å². The number of anilines is 2. The number of carbonyl (C=O) groups is 2. The van der Waals surface area contributed by atoms with E-state index in [1.54, 1.807) is 57.0 Å². The lowest BCUT2D eigenvalue weighted by molar-refractivity contribution is 0.0320. The zero-order valence-corrected chi connectivity index (χ0v) is 38.7. The van der Waals surface area contributed by atoms with E-state index in [9.17, 15) is 14.0 Å². The third kappa shape index (κ3) is 12.9. The normalized spacial score (nSPS) is 11.9. The van der Waals surface area contributed by atoms with Crippen LogP contribution in [0.1, 0.15) is 60.6 Å². The second-order valence-corrected chi connectivity index (χ2v) is 23.9. The minimum atomic E-state index is -1.23. The molecule has 0 bridgehead atoms. The Morgan fingerprint density at radius 3 is 2.50 bits per heavy atom. The molecule has 0 fully saturated rings. The first-order valence-corrected chi connectivity index (χ1v) is 25.1. The SMILES string of the molecule is CCOC(=O)c1nc(N(C)c2cc(C)c(/N=c3\sc4ccccc4n3COCC[Si](C)(C)C)nn2)sc1CCCOc1ccc(C#CCN(C)C(=O)OC(C)(C)C)cc1F. The number of rotatable bonds is 16. The molecule has 13 nitrogen and oxygen atoms in total. The van der Waals surface area contributed by atoms with Gasteiger partial charge in [-0.1, -0.05) is 55.0 Å². The molecule has 320 valence electrons. The van der Waals surface area contributed by atoms with Gasteiger partial charge in [-0.05, 0) is 95.5 Å². The molecule has 3 heterocycles. The van der Waals surface area contributed by atoms with Gasteiger partial charge in [0.05, 0.1) is 30.0 Å². The number of nitrogens with zero attached hydrogens (tertiary/aromatic N) is 7. The van der Waals surface area contributed by atoms with Crippen LogP contribution in [-0.2, 0) is 27.4 Å². The van der Waals surface area contributed by atoms with Crippen molar-refractivity contribution >= 4 is 69.8 Å². The number of hydrogen-bond acceptors (Lipinski definition) is 13. The highest BCUT2D eigenvalue weighted by molar-refractivity contribution is 7.16. The molecule has 0 saturated carbocycles. The summed E-state index contributed by atoms with van der Waals surface area (Å²) in [5.41, 5.74) is 1.91. The molecule has 0 aliphatic rings. The number of halogens is 1. The third-order valence-electron chi connectivity index (χ3n) is 8.73. The summed E-state index contributed by atoms with van der Waals surface area (Å²) in [4.78, 5) is 39.3. The van der Waals surface area contributed by atoms with Gasteiger partial charge in [-0.3, -0.25) is 4.57 Å². The van der Waals surface area contributed by atoms with Gasteiger partial charge in [-0.25, -0.2) is 19.0 Å². The molecule has 2 aromatic carbocycles. The molecule has 17 heteroatoms. The Hall–Kier alpha value is -5.15. The summed E-state index contributed by atoms with van der Waals surface area (Å²) in [5.74, 6) is 5.75. The monoisotopic (exact) mass is 875 g/mol. The number of amides is 1. The highest BCUT2D eigenvalue weighted by Crippen LogP contribution is 2.32. The van der Waals surface area contributed by atoms with Crippen LogP contribution >= 0.6 is 22.7 Å². The van der Waals surface area contributed by atoms with Crippen LogP contribution < -0.4 is 14.4 Å². The van der Waals surface area contributed by atoms with Crippen LogP contribution in [0.3, 0.4) is 0 Å². The molecule has 0 unspecified atom stereocenters. The summed E-state index contributed by atoms with van der Waals surface area (Å²) in [6, 6.07) is 15.6. The van der Waals surface area contributed by atoms with Crippen molar-refractivity contribution in [1.82, 2.24) is 24.6 Å². The number of ether oxygens (including phenoxy) is 4. The standard InChI is InChI=1S/C43H54FN7O6S2Si/c1-11-55-39(52)37-35(19-15-23-56-33-21-20-30(27-31(33)44)16-14-22-49(6)42(53)57-43(3,4)5)59-40(45-37)50(7)36-26-29(2)38(48-47-36)46-41-51(28-54-24-25-60(8,9)10)32-17-12-13-18-34(32)58-41/h12-13,17-18,20-21,26-27H,11,15,19,22-25,28H2,1-10H3/b46-41-. The lowest BCUT2D eigenvalue weighted by Gasteiger charge is -2.23. The van der Waals surface area contributed by atoms with E-state index in [2.05, 4.69) is 63.4 Å². The van der Waals surface area contributed by atoms with Crippen molar-refractivity contribution in [2.45, 2.75) is 85.5 Å². The Balaban J connectivity index is 1.25. The van der Waals surface area contributed by atoms with Crippen LogP contribution in [0.15, 0.2) is 53.5 Å². The summed E-state index contributed by atoms with van der Waals surface area (Å²) in [6.07, 6.45) is 0.428. The van der Waals surface area contributed by atoms with Crippen molar-refractivity contribution in [3.05, 3.63) is 80.8 Å². The fraction of sp³-hybridized carbons (Fsp3) is 0.442. The first-order valence-electron chi connectivity index (χ1n) is 19.7. The summed E-state index contributed by atoms with van der Waals surface area (Å²) < 4.78 is 40.7. The number of aryl methyl sites for hydroxylation is 2. The molecule has 1 amide bonds. The van der Waals surface area contributed by atoms with Crippen LogP contribution in [0.4, 0.5) is 26.0 Å². The van der Waals surface area contributed by atoms with E-state index in [1.165, 1.54) is 28.4 Å². The lowest BCUT2D eigenvalue weighted by Crippen LogP contribution is -2.34. The third-order valence-corrected chi connectivity index (χ3v) is 12.7. The van der Waals surface area contributed by atoms with Gasteiger partial charge in [-0.15, -0.1) is 21.5 Å². The zero-order chi connectivity index (χ0) is 43.6. The number of thiazole rings is 2. The number of hydrogen-bond donors (Lipinski definition) is 0. The topological polar surface area (TPSA) is 134 Å². The van der Waals surface area contributed by atoms with Gasteiger partial charge in [0, 0.05) is 39.2 Å². The predicted molar refractivity (Wildman–Crippen MR) is 238 cm³/mol. The fourth-order valence-corrected chi connectivity index (χ4v) is 8.31. The Kier molecular flexibility index (Phi) is 15.6. The van der Waals surface area contributed by atoms with E-state index in [0.717, 1.165) is 26.6 Å². The minimum absolute atomic E-state index is 0.0823. The van der Waals surface area contributed by atoms with Gasteiger partial charge in [0.1, 0.15) is 12.3 Å². The molecule has 60 heavy (non-hydrogen) atoms. The number of carbonyl (C=O) groups excluding carboxylic acids is 2. The molecule has 0 N–H and O–H groups in total. The first-order chi connectivity index (χ1) is 28.4. The molecule has 0 radical (unpaired) electrons. The van der Waals surface area contributed by atoms with Crippen molar-refractivity contribution in [3.8, 4) is 17.6 Å². The van der Waals surface area contributed by atoms with E-state index in [4.69, 9.17) is 23.9 Å². The minimum Gasteiger partial charge on any atom is -0.491 e. The molecule has 0 aliphatic carbocycles. The number of para-hydroxylation sites is 1. The van der Waals surface area contributed by atoms with Gasteiger partial charge in [-0.2, -0.15) is 4.99 Å². The molecule has 5 aromatic rings. The van der Waals surface area contributed by atoms with E-state index in [-0.39, 0.29) is 31.2 Å². The molecule has 0 saturated heterocycles. The molecular weight excluding hydrogens is 822 g/mol. The Labute approximate surface area is 360 Å². The summed E-state index contributed by atoms with van der Waals surface area (Å²) in [5, 5.41) is 9.54. The van der Waals surface area contributed by atoms with Crippen molar-refractivity contribution in [1.29, 1.82) is 0 Å². The van der Waals surface area contributed by atoms with Crippen LogP contribution in [0.2, 0.25) is 25.7 Å². The number of benzene rings is 2. The maximum Gasteiger partial charge on any atom is 0.410 e. The molecular formula is C43H54FN7O6S2Si. The van der Waals surface area contributed by atoms with Crippen LogP contribution in [0, 0.1) is 24.6 Å². The van der Waals surface area contributed by atoms with Gasteiger partial charge < -0.3 is 28.7 Å². The quantitative estimate of drug-likeness (QED) is 0.0409. The van der Waals surface area contributed by atoms with E-state index in [0.29, 0.717) is 53.4 Å². The van der Waals surface area contributed by atoms with Crippen LogP contribution in [0.5, 0.6) is 5.75 Å². The van der Waals surface area contributed by atoms with Gasteiger partial charge >= 0.3 is 12.1 Å². The smallest absolute Gasteiger partial charge is 0.410 e. The fourth-order valence-electron chi connectivity index (χ4n) is 5.48. The van der Waals surface area contributed by atoms with E-state index >= 15 is 0 Å². The zero-order valence-electron chi connectivity index (χ0n) is 36.1. The number of aromatic nitrogens is 4. The molecule has 5 rings (SSSR count). The van der Waals surface area contributed by atoms with E-state index < -0.39 is 31.6 Å². The molecule has 0 spiro atoms. The average molecular weight is 876 g/mol. The number of esters is 1. The first kappa shape index (κ1) is 45.9. The largest absolute Gasteiger partial charge is 0.491 e. The highest BCUT2D eigenvalue weighted by Gasteiger charge is 2.23. The molecule has 3 aromatic heterocycles. The maximum atomic E-state index is 14.9.